The number of pyridine rings is 2. The first-order valence-electron chi connectivity index (χ1n) is 18.2. The van der Waals surface area contributed by atoms with Crippen molar-refractivity contribution in [2.45, 2.75) is 71.0 Å². The number of amides is 1. The van der Waals surface area contributed by atoms with Gasteiger partial charge < -0.3 is 29.0 Å². The van der Waals surface area contributed by atoms with Gasteiger partial charge in [0.15, 0.2) is 0 Å². The number of fused-ring (bicyclic) bond motifs is 3. The van der Waals surface area contributed by atoms with Gasteiger partial charge in [-0.1, -0.05) is 13.8 Å². The Hall–Kier alpha value is -4.48. The van der Waals surface area contributed by atoms with Crippen LogP contribution in [0, 0.1) is 5.82 Å². The minimum atomic E-state index is -0.423. The van der Waals surface area contributed by atoms with Crippen LogP contribution in [0.2, 0.25) is 0 Å². The molecule has 0 spiro atoms. The van der Waals surface area contributed by atoms with Crippen LogP contribution in [0.25, 0.3) is 11.1 Å². The Bertz CT molecular complexity index is 1980. The van der Waals surface area contributed by atoms with Gasteiger partial charge in [-0.15, -0.1) is 0 Å². The van der Waals surface area contributed by atoms with Crippen LogP contribution in [0.5, 0.6) is 0 Å². The molecule has 3 aromatic heterocycles. The zero-order valence-electron chi connectivity index (χ0n) is 29.3. The molecule has 8 rings (SSSR count). The first-order chi connectivity index (χ1) is 24.3. The summed E-state index contributed by atoms with van der Waals surface area (Å²) in [7, 11) is 1.70. The van der Waals surface area contributed by atoms with E-state index in [1.165, 1.54) is 28.0 Å². The zero-order chi connectivity index (χ0) is 34.5. The molecular formula is C39H46FN7O3. The Kier molecular flexibility index (Phi) is 8.72. The number of piperazine rings is 1. The van der Waals surface area contributed by atoms with E-state index in [0.29, 0.717) is 65.6 Å². The fourth-order valence-corrected chi connectivity index (χ4v) is 8.41. The first kappa shape index (κ1) is 32.7. The molecule has 1 N–H and O–H groups in total. The SMILES string of the molecule is CCc1c(-c2cc(Nc3ccc(N4CCN(C5COC5)C[C@@H]4CC)cn3)c(=O)n(C)c2)cc(F)cc1N1CCn2c(cc3c2CCCC3)C1=O. The molecule has 2 fully saturated rings. The number of nitrogens with zero attached hydrogens (tertiary/aromatic N) is 6. The van der Waals surface area contributed by atoms with Crippen molar-refractivity contribution in [1.29, 1.82) is 0 Å². The minimum Gasteiger partial charge on any atom is -0.378 e. The Morgan fingerprint density at radius 1 is 1.00 bits per heavy atom. The summed E-state index contributed by atoms with van der Waals surface area (Å²) in [5.74, 6) is 0.0454. The first-order valence-corrected chi connectivity index (χ1v) is 18.2. The molecule has 1 aliphatic carbocycles. The lowest BCUT2D eigenvalue weighted by atomic mass is 9.95. The van der Waals surface area contributed by atoms with Gasteiger partial charge in [0.1, 0.15) is 23.0 Å². The number of benzene rings is 1. The van der Waals surface area contributed by atoms with E-state index in [0.717, 1.165) is 76.2 Å². The highest BCUT2D eigenvalue weighted by molar-refractivity contribution is 6.07. The molecule has 0 radical (unpaired) electrons. The van der Waals surface area contributed by atoms with Crippen LogP contribution in [0.15, 0.2) is 53.6 Å². The number of hydrogen-bond donors (Lipinski definition) is 1. The normalized spacial score (nSPS) is 19.7. The second-order valence-electron chi connectivity index (χ2n) is 14.1. The van der Waals surface area contributed by atoms with Crippen LogP contribution in [0.1, 0.15) is 60.4 Å². The Morgan fingerprint density at radius 2 is 1.84 bits per heavy atom. The van der Waals surface area contributed by atoms with Crippen LogP contribution in [0.4, 0.5) is 27.3 Å². The lowest BCUT2D eigenvalue weighted by Crippen LogP contribution is -2.60. The topological polar surface area (TPSA) is 87.9 Å². The van der Waals surface area contributed by atoms with Crippen molar-refractivity contribution in [3.63, 3.8) is 0 Å². The molecule has 0 saturated carbocycles. The molecule has 1 atom stereocenters. The van der Waals surface area contributed by atoms with Crippen LogP contribution in [0.3, 0.4) is 0 Å². The number of carbonyl (C=O) groups is 1. The van der Waals surface area contributed by atoms with Crippen molar-refractivity contribution in [3.8, 4) is 11.1 Å². The largest absolute Gasteiger partial charge is 0.378 e. The van der Waals surface area contributed by atoms with Crippen LogP contribution in [-0.2, 0) is 37.6 Å². The van der Waals surface area contributed by atoms with E-state index in [-0.39, 0.29) is 11.5 Å². The van der Waals surface area contributed by atoms with Gasteiger partial charge >= 0.3 is 0 Å². The molecule has 262 valence electrons. The van der Waals surface area contributed by atoms with Gasteiger partial charge in [0.2, 0.25) is 0 Å². The van der Waals surface area contributed by atoms with Crippen molar-refractivity contribution >= 4 is 28.8 Å². The highest BCUT2D eigenvalue weighted by atomic mass is 19.1. The summed E-state index contributed by atoms with van der Waals surface area (Å²) < 4.78 is 24.6. The summed E-state index contributed by atoms with van der Waals surface area (Å²) in [5.41, 5.74) is 7.25. The lowest BCUT2D eigenvalue weighted by molar-refractivity contribution is -0.0698. The number of carbonyl (C=O) groups excluding carboxylic acids is 1. The summed E-state index contributed by atoms with van der Waals surface area (Å²) >= 11 is 0. The van der Waals surface area contributed by atoms with E-state index in [9.17, 15) is 9.59 Å². The van der Waals surface area contributed by atoms with Gasteiger partial charge in [-0.05, 0) is 91.6 Å². The number of aryl methyl sites for hydroxylation is 2. The van der Waals surface area contributed by atoms with E-state index in [4.69, 9.17) is 9.72 Å². The Balaban J connectivity index is 1.06. The van der Waals surface area contributed by atoms with E-state index in [1.54, 1.807) is 24.2 Å². The molecule has 0 bridgehead atoms. The quantitative estimate of drug-likeness (QED) is 0.262. The van der Waals surface area contributed by atoms with Gasteiger partial charge in [0.25, 0.3) is 11.5 Å². The van der Waals surface area contributed by atoms with Crippen molar-refractivity contribution < 1.29 is 13.9 Å². The fourth-order valence-electron chi connectivity index (χ4n) is 8.41. The molecule has 11 heteroatoms. The number of hydrogen-bond acceptors (Lipinski definition) is 7. The molecule has 1 aromatic carbocycles. The highest BCUT2D eigenvalue weighted by Gasteiger charge is 2.34. The predicted molar refractivity (Wildman–Crippen MR) is 194 cm³/mol. The predicted octanol–water partition coefficient (Wildman–Crippen LogP) is 5.53. The minimum absolute atomic E-state index is 0.0886. The van der Waals surface area contributed by atoms with Crippen LogP contribution in [-0.4, -0.2) is 76.4 Å². The molecule has 6 heterocycles. The Labute approximate surface area is 292 Å². The van der Waals surface area contributed by atoms with Gasteiger partial charge in [-0.3, -0.25) is 14.5 Å². The third kappa shape index (κ3) is 5.80. The third-order valence-corrected chi connectivity index (χ3v) is 11.2. The van der Waals surface area contributed by atoms with Gasteiger partial charge in [0, 0.05) is 63.3 Å². The number of rotatable bonds is 8. The molecule has 4 aromatic rings. The maximum Gasteiger partial charge on any atom is 0.274 e. The lowest BCUT2D eigenvalue weighted by Gasteiger charge is -2.47. The second kappa shape index (κ2) is 13.3. The summed E-state index contributed by atoms with van der Waals surface area (Å²) in [6, 6.07) is 11.7. The van der Waals surface area contributed by atoms with Crippen molar-refractivity contribution in [3.05, 3.63) is 87.5 Å². The van der Waals surface area contributed by atoms with Gasteiger partial charge in [0.05, 0.1) is 36.8 Å². The maximum absolute atomic E-state index is 15.5. The molecule has 0 unspecified atom stereocenters. The number of aromatic nitrogens is 3. The standard InChI is InChI=1S/C39H46FN7O3/c1-4-28-22-44(30-23-50-24-30)12-13-45(28)29-10-11-37(41-20-29)42-33-16-26(21-43(3)38(33)48)32-18-27(40)19-35(31(32)5-2)47-15-14-46-34-9-7-6-8-25(34)17-36(46)39(47)49/h10-11,16-21,28,30H,4-9,12-15,22-24H2,1-3H3,(H,41,42)/t28-/m0/s1. The van der Waals surface area contributed by atoms with Crippen molar-refractivity contribution in [2.75, 3.05) is 54.5 Å². The summed E-state index contributed by atoms with van der Waals surface area (Å²) in [4.78, 5) is 38.7. The summed E-state index contributed by atoms with van der Waals surface area (Å²) in [5, 5.41) is 3.24. The molecule has 3 aliphatic heterocycles. The molecule has 1 amide bonds. The molecule has 10 nitrogen and oxygen atoms in total. The van der Waals surface area contributed by atoms with Crippen molar-refractivity contribution in [1.82, 2.24) is 19.0 Å². The fraction of sp³-hybridized carbons (Fsp3) is 0.462. The van der Waals surface area contributed by atoms with Crippen LogP contribution >= 0.6 is 0 Å². The molecular weight excluding hydrogens is 633 g/mol. The number of halogens is 1. The van der Waals surface area contributed by atoms with Crippen molar-refractivity contribution in [2.24, 2.45) is 7.05 Å². The molecule has 50 heavy (non-hydrogen) atoms. The second-order valence-corrected chi connectivity index (χ2v) is 14.1. The highest BCUT2D eigenvalue weighted by Crippen LogP contribution is 2.37. The number of anilines is 4. The zero-order valence-corrected chi connectivity index (χ0v) is 29.3. The third-order valence-electron chi connectivity index (χ3n) is 11.2. The number of ether oxygens (including phenoxy) is 1. The van der Waals surface area contributed by atoms with E-state index in [2.05, 4.69) is 38.7 Å². The smallest absolute Gasteiger partial charge is 0.274 e. The Morgan fingerprint density at radius 3 is 2.58 bits per heavy atom. The van der Waals surface area contributed by atoms with Crippen LogP contribution < -0.4 is 20.7 Å². The van der Waals surface area contributed by atoms with Gasteiger partial charge in [-0.25, -0.2) is 9.37 Å². The van der Waals surface area contributed by atoms with E-state index >= 15 is 4.39 Å². The number of nitrogens with one attached hydrogen (secondary N) is 1. The van der Waals surface area contributed by atoms with E-state index < -0.39 is 5.82 Å². The average Bonchev–Trinajstić information content (AvgIpc) is 3.49. The summed E-state index contributed by atoms with van der Waals surface area (Å²) in [6.45, 7) is 10.0. The average molecular weight is 680 g/mol. The van der Waals surface area contributed by atoms with E-state index in [1.807, 2.05) is 19.2 Å². The molecule has 2 saturated heterocycles. The molecule has 4 aliphatic rings. The monoisotopic (exact) mass is 679 g/mol. The summed E-state index contributed by atoms with van der Waals surface area (Å²) in [6.07, 6.45) is 9.53. The van der Waals surface area contributed by atoms with Gasteiger partial charge in [-0.2, -0.15) is 0 Å². The maximum atomic E-state index is 15.5.